The molecule has 3 aliphatic rings. The number of fused-ring (bicyclic) bond motifs is 1. The Labute approximate surface area is 64.7 Å². The normalized spacial score (nSPS) is 62.1. The van der Waals surface area contributed by atoms with E-state index < -0.39 is 0 Å². The van der Waals surface area contributed by atoms with Crippen LogP contribution in [0.25, 0.3) is 0 Å². The van der Waals surface area contributed by atoms with Crippen LogP contribution in [0.15, 0.2) is 0 Å². The van der Waals surface area contributed by atoms with Crippen molar-refractivity contribution in [2.24, 2.45) is 22.8 Å². The Morgan fingerprint density at radius 2 is 2.30 bits per heavy atom. The van der Waals surface area contributed by atoms with Crippen molar-refractivity contribution in [2.75, 3.05) is 5.75 Å². The van der Waals surface area contributed by atoms with Crippen LogP contribution in [0, 0.1) is 11.3 Å². The van der Waals surface area contributed by atoms with Gasteiger partial charge in [0.15, 0.2) is 0 Å². The molecule has 3 atom stereocenters. The van der Waals surface area contributed by atoms with Gasteiger partial charge in [-0.3, -0.25) is 0 Å². The van der Waals surface area contributed by atoms with Gasteiger partial charge in [0.25, 0.3) is 0 Å². The van der Waals surface area contributed by atoms with Crippen LogP contribution in [0.3, 0.4) is 0 Å². The molecule has 0 aromatic rings. The zero-order valence-corrected chi connectivity index (χ0v) is 6.66. The van der Waals surface area contributed by atoms with E-state index in [1.54, 1.807) is 0 Å². The predicted molar refractivity (Wildman–Crippen MR) is 42.5 cm³/mol. The topological polar surface area (TPSA) is 52.0 Å². The molecule has 1 aliphatic heterocycles. The summed E-state index contributed by atoms with van der Waals surface area (Å²) in [5, 5.41) is 0. The highest BCUT2D eigenvalue weighted by atomic mass is 32.2. The van der Waals surface area contributed by atoms with Gasteiger partial charge in [0.05, 0.1) is 6.17 Å². The lowest BCUT2D eigenvalue weighted by Crippen LogP contribution is -2.38. The molecule has 3 unspecified atom stereocenters. The Bertz CT molecular complexity index is 206. The van der Waals surface area contributed by atoms with Gasteiger partial charge in [0.2, 0.25) is 0 Å². The lowest BCUT2D eigenvalue weighted by atomic mass is 10.0. The minimum atomic E-state index is -0.0368. The van der Waals surface area contributed by atoms with E-state index >= 15 is 0 Å². The van der Waals surface area contributed by atoms with Crippen LogP contribution in [-0.2, 0) is 0 Å². The van der Waals surface area contributed by atoms with Gasteiger partial charge < -0.3 is 11.5 Å². The lowest BCUT2D eigenvalue weighted by molar-refractivity contribution is 0.413. The van der Waals surface area contributed by atoms with Crippen molar-refractivity contribution >= 4 is 11.8 Å². The molecule has 1 spiro atoms. The van der Waals surface area contributed by atoms with E-state index in [2.05, 4.69) is 11.8 Å². The van der Waals surface area contributed by atoms with Crippen molar-refractivity contribution in [3.8, 4) is 0 Å². The molecule has 0 aromatic carbocycles. The summed E-state index contributed by atoms with van der Waals surface area (Å²) in [5.41, 5.74) is 11.9. The fourth-order valence-corrected chi connectivity index (χ4v) is 5.03. The van der Waals surface area contributed by atoms with Gasteiger partial charge in [0.1, 0.15) is 0 Å². The highest BCUT2D eigenvalue weighted by Crippen LogP contribution is 2.93. The van der Waals surface area contributed by atoms with E-state index in [9.17, 15) is 0 Å². The van der Waals surface area contributed by atoms with Crippen molar-refractivity contribution in [1.82, 2.24) is 0 Å². The Morgan fingerprint density at radius 1 is 1.50 bits per heavy atom. The Hall–Kier alpha value is 0.270. The summed E-state index contributed by atoms with van der Waals surface area (Å²) < 4.78 is 0.612. The summed E-state index contributed by atoms with van der Waals surface area (Å²) in [5.74, 6) is 2.25. The number of hydrogen-bond donors (Lipinski definition) is 2. The fourth-order valence-electron chi connectivity index (χ4n) is 2.96. The van der Waals surface area contributed by atoms with Crippen LogP contribution in [0.5, 0.6) is 0 Å². The molecule has 56 valence electrons. The van der Waals surface area contributed by atoms with Crippen molar-refractivity contribution in [3.63, 3.8) is 0 Å². The van der Waals surface area contributed by atoms with Crippen LogP contribution in [0.4, 0.5) is 0 Å². The van der Waals surface area contributed by atoms with E-state index in [0.29, 0.717) is 10.2 Å². The molecule has 0 radical (unpaired) electrons. The average molecular weight is 156 g/mol. The first-order valence-corrected chi connectivity index (χ1v) is 4.88. The maximum atomic E-state index is 5.72. The Balaban J connectivity index is 1.92. The molecule has 4 N–H and O–H groups in total. The first-order chi connectivity index (χ1) is 4.74. The van der Waals surface area contributed by atoms with Crippen LogP contribution in [0.1, 0.15) is 12.8 Å². The van der Waals surface area contributed by atoms with Crippen LogP contribution in [0.2, 0.25) is 0 Å². The molecule has 3 heteroatoms. The fraction of sp³-hybridized carbons (Fsp3) is 1.00. The maximum Gasteiger partial charge on any atom is 0.0596 e. The smallest absolute Gasteiger partial charge is 0.0596 e. The number of hydrogen-bond acceptors (Lipinski definition) is 3. The van der Waals surface area contributed by atoms with E-state index in [1.165, 1.54) is 18.6 Å². The SMILES string of the molecule is NC(N)C12CC13SCCC32. The number of rotatable bonds is 1. The molecular weight excluding hydrogens is 144 g/mol. The van der Waals surface area contributed by atoms with Crippen LogP contribution < -0.4 is 11.5 Å². The second-order valence-electron chi connectivity index (χ2n) is 3.82. The molecule has 3 rings (SSSR count). The molecule has 1 heterocycles. The molecular formula is C7H12N2S. The molecule has 3 fully saturated rings. The van der Waals surface area contributed by atoms with Crippen molar-refractivity contribution < 1.29 is 0 Å². The quantitative estimate of drug-likeness (QED) is 0.530. The largest absolute Gasteiger partial charge is 0.316 e. The molecule has 1 saturated heterocycles. The molecule has 2 saturated carbocycles. The predicted octanol–water partition coefficient (Wildman–Crippen LogP) is 0.125. The highest BCUT2D eigenvalue weighted by molar-refractivity contribution is 8.01. The second kappa shape index (κ2) is 1.28. The monoisotopic (exact) mass is 156 g/mol. The minimum Gasteiger partial charge on any atom is -0.316 e. The standard InChI is InChI=1S/C7H12N2S/c8-5(9)6-3-7(6)4(6)1-2-10-7/h4-5H,1-3,8-9H2. The van der Waals surface area contributed by atoms with E-state index in [4.69, 9.17) is 11.5 Å². The molecule has 2 nitrogen and oxygen atoms in total. The summed E-state index contributed by atoms with van der Waals surface area (Å²) in [4.78, 5) is 0. The third-order valence-electron chi connectivity index (χ3n) is 3.68. The molecule has 0 bridgehead atoms. The van der Waals surface area contributed by atoms with E-state index in [1.807, 2.05) is 0 Å². The van der Waals surface area contributed by atoms with Gasteiger partial charge in [-0.1, -0.05) is 0 Å². The third kappa shape index (κ3) is 0.332. The average Bonchev–Trinajstić information content (AvgIpc) is 2.61. The highest BCUT2D eigenvalue weighted by Gasteiger charge is 2.93. The summed E-state index contributed by atoms with van der Waals surface area (Å²) in [6, 6.07) is 0. The third-order valence-corrected chi connectivity index (χ3v) is 5.44. The zero-order valence-electron chi connectivity index (χ0n) is 5.84. The molecule has 0 amide bonds. The van der Waals surface area contributed by atoms with Gasteiger partial charge in [0, 0.05) is 10.2 Å². The lowest BCUT2D eigenvalue weighted by Gasteiger charge is -2.11. The Morgan fingerprint density at radius 3 is 2.70 bits per heavy atom. The van der Waals surface area contributed by atoms with Gasteiger partial charge >= 0.3 is 0 Å². The van der Waals surface area contributed by atoms with Gasteiger partial charge in [-0.05, 0) is 24.5 Å². The van der Waals surface area contributed by atoms with Crippen molar-refractivity contribution in [2.45, 2.75) is 23.8 Å². The van der Waals surface area contributed by atoms with E-state index in [0.717, 1.165) is 5.92 Å². The number of nitrogens with two attached hydrogens (primary N) is 2. The maximum absolute atomic E-state index is 5.72. The number of thioether (sulfide) groups is 1. The van der Waals surface area contributed by atoms with Gasteiger partial charge in [-0.15, -0.1) is 0 Å². The summed E-state index contributed by atoms with van der Waals surface area (Å²) in [6.07, 6.45) is 2.65. The summed E-state index contributed by atoms with van der Waals surface area (Å²) >= 11 is 2.11. The van der Waals surface area contributed by atoms with Gasteiger partial charge in [-0.25, -0.2) is 0 Å². The van der Waals surface area contributed by atoms with Crippen molar-refractivity contribution in [1.29, 1.82) is 0 Å². The first kappa shape index (κ1) is 5.86. The first-order valence-electron chi connectivity index (χ1n) is 3.89. The summed E-state index contributed by atoms with van der Waals surface area (Å²) in [6.45, 7) is 0. The molecule has 10 heavy (non-hydrogen) atoms. The Kier molecular flexibility index (Phi) is 0.749. The minimum absolute atomic E-state index is 0.0368. The van der Waals surface area contributed by atoms with Crippen LogP contribution in [-0.4, -0.2) is 16.7 Å². The molecule has 2 aliphatic carbocycles. The van der Waals surface area contributed by atoms with Crippen LogP contribution >= 0.6 is 11.8 Å². The second-order valence-corrected chi connectivity index (χ2v) is 5.25. The van der Waals surface area contributed by atoms with E-state index in [-0.39, 0.29) is 6.17 Å². The summed E-state index contributed by atoms with van der Waals surface area (Å²) in [7, 11) is 0. The van der Waals surface area contributed by atoms with Crippen molar-refractivity contribution in [3.05, 3.63) is 0 Å². The van der Waals surface area contributed by atoms with Gasteiger partial charge in [-0.2, -0.15) is 11.8 Å². The molecule has 0 aromatic heterocycles. The zero-order chi connectivity index (χ0) is 6.98.